The third-order valence-electron chi connectivity index (χ3n) is 7.01. The Labute approximate surface area is 205 Å². The molecule has 2 aliphatic rings. The van der Waals surface area contributed by atoms with E-state index in [1.807, 2.05) is 30.4 Å². The van der Waals surface area contributed by atoms with Crippen molar-refractivity contribution in [2.24, 2.45) is 13.0 Å². The average molecular weight is 463 g/mol. The van der Waals surface area contributed by atoms with E-state index in [9.17, 15) is 4.79 Å². The van der Waals surface area contributed by atoms with Crippen molar-refractivity contribution in [3.63, 3.8) is 0 Å². The van der Waals surface area contributed by atoms with Gasteiger partial charge in [-0.3, -0.25) is 9.48 Å². The molecule has 4 heterocycles. The molecule has 8 nitrogen and oxygen atoms in total. The lowest BCUT2D eigenvalue weighted by atomic mass is 9.79. The minimum absolute atomic E-state index is 0.0229. The van der Waals surface area contributed by atoms with E-state index >= 15 is 0 Å². The number of aromatic nitrogens is 4. The Morgan fingerprint density at radius 2 is 2.15 bits per heavy atom. The fourth-order valence-electron chi connectivity index (χ4n) is 5.20. The molecule has 0 aliphatic carbocycles. The molecule has 5 rings (SSSR count). The van der Waals surface area contributed by atoms with E-state index in [1.165, 1.54) is 0 Å². The summed E-state index contributed by atoms with van der Waals surface area (Å²) in [6.45, 7) is 1.85. The fourth-order valence-corrected chi connectivity index (χ4v) is 5.20. The molecule has 1 saturated heterocycles. The normalized spacial score (nSPS) is 24.6. The number of nitrogens with one attached hydrogen (secondary N) is 1. The third kappa shape index (κ3) is 4.55. The topological polar surface area (TPSA) is 79.2 Å². The van der Waals surface area contributed by atoms with Crippen LogP contribution in [-0.4, -0.2) is 61.6 Å². The smallest absolute Gasteiger partial charge is 0.227 e. The van der Waals surface area contributed by atoms with Crippen molar-refractivity contribution in [2.75, 3.05) is 25.5 Å². The number of carbonyl (C=O) groups excluding carboxylic acids is 1. The SMILES string of the molecule is [2H]C([2H])([2H])c1cccc([C@@H]2CN(C)CC[C@H]2C(=O)N2Cc3nc(Nc4cnn(C)c4)ncc3C[C@H]2C)c1. The van der Waals surface area contributed by atoms with Crippen LogP contribution in [0.15, 0.2) is 42.9 Å². The minimum Gasteiger partial charge on any atom is -0.333 e. The number of hydrogen-bond acceptors (Lipinski definition) is 6. The van der Waals surface area contributed by atoms with Crippen LogP contribution in [0.1, 0.15) is 45.8 Å². The monoisotopic (exact) mass is 462 g/mol. The van der Waals surface area contributed by atoms with Crippen LogP contribution in [0.4, 0.5) is 11.6 Å². The Morgan fingerprint density at radius 1 is 1.26 bits per heavy atom. The van der Waals surface area contributed by atoms with E-state index in [2.05, 4.69) is 34.3 Å². The van der Waals surface area contributed by atoms with Gasteiger partial charge >= 0.3 is 0 Å². The highest BCUT2D eigenvalue weighted by Gasteiger charge is 2.39. The highest BCUT2D eigenvalue weighted by atomic mass is 16.2. The van der Waals surface area contributed by atoms with Crippen LogP contribution >= 0.6 is 0 Å². The first-order valence-corrected chi connectivity index (χ1v) is 11.8. The Hall–Kier alpha value is -3.26. The molecule has 0 saturated carbocycles. The first-order chi connectivity index (χ1) is 17.6. The molecule has 0 unspecified atom stereocenters. The zero-order valence-electron chi connectivity index (χ0n) is 22.9. The number of piperidine rings is 1. The first kappa shape index (κ1) is 19.1. The van der Waals surface area contributed by atoms with Gasteiger partial charge < -0.3 is 15.1 Å². The number of amides is 1. The lowest BCUT2D eigenvalue weighted by Gasteiger charge is -2.42. The van der Waals surface area contributed by atoms with Gasteiger partial charge in [0.1, 0.15) is 0 Å². The summed E-state index contributed by atoms with van der Waals surface area (Å²) in [5.41, 5.74) is 3.93. The van der Waals surface area contributed by atoms with E-state index in [-0.39, 0.29) is 23.8 Å². The van der Waals surface area contributed by atoms with Gasteiger partial charge in [-0.05, 0) is 51.3 Å². The lowest BCUT2D eigenvalue weighted by molar-refractivity contribution is -0.141. The van der Waals surface area contributed by atoms with E-state index in [0.717, 1.165) is 35.5 Å². The summed E-state index contributed by atoms with van der Waals surface area (Å²) in [5, 5.41) is 7.35. The number of anilines is 2. The molecular formula is C26H33N7O. The quantitative estimate of drug-likeness (QED) is 0.641. The minimum atomic E-state index is -2.18. The molecule has 34 heavy (non-hydrogen) atoms. The summed E-state index contributed by atoms with van der Waals surface area (Å²) in [6, 6.07) is 7.17. The third-order valence-corrected chi connectivity index (χ3v) is 7.01. The summed E-state index contributed by atoms with van der Waals surface area (Å²) in [7, 11) is 3.90. The Bertz CT molecular complexity index is 1290. The molecule has 3 aromatic rings. The van der Waals surface area contributed by atoms with Gasteiger partial charge in [0.15, 0.2) is 0 Å². The van der Waals surface area contributed by atoms with E-state index < -0.39 is 6.85 Å². The van der Waals surface area contributed by atoms with Crippen molar-refractivity contribution in [1.82, 2.24) is 29.5 Å². The molecular weight excluding hydrogens is 426 g/mol. The van der Waals surface area contributed by atoms with Crippen LogP contribution in [0.3, 0.4) is 0 Å². The Morgan fingerprint density at radius 3 is 2.94 bits per heavy atom. The molecule has 0 bridgehead atoms. The molecule has 2 aromatic heterocycles. The molecule has 3 atom stereocenters. The summed E-state index contributed by atoms with van der Waals surface area (Å²) in [6.07, 6.45) is 6.83. The molecule has 8 heteroatoms. The highest BCUT2D eigenvalue weighted by molar-refractivity contribution is 5.81. The number of nitrogens with zero attached hydrogens (tertiary/aromatic N) is 6. The number of aryl methyl sites for hydroxylation is 2. The highest BCUT2D eigenvalue weighted by Crippen LogP contribution is 2.36. The molecule has 2 aliphatic heterocycles. The summed E-state index contributed by atoms with van der Waals surface area (Å²) >= 11 is 0. The van der Waals surface area contributed by atoms with Gasteiger partial charge in [-0.1, -0.05) is 29.8 Å². The van der Waals surface area contributed by atoms with Crippen LogP contribution < -0.4 is 5.32 Å². The number of rotatable bonds is 4. The second-order valence-electron chi connectivity index (χ2n) is 9.60. The molecule has 1 N–H and O–H groups in total. The van der Waals surface area contributed by atoms with Gasteiger partial charge in [-0.25, -0.2) is 9.97 Å². The van der Waals surface area contributed by atoms with Crippen molar-refractivity contribution < 1.29 is 8.91 Å². The van der Waals surface area contributed by atoms with Gasteiger partial charge in [0, 0.05) is 48.0 Å². The number of fused-ring (bicyclic) bond motifs is 1. The molecule has 178 valence electrons. The molecule has 1 fully saturated rings. The van der Waals surface area contributed by atoms with E-state index in [4.69, 9.17) is 9.10 Å². The predicted octanol–water partition coefficient (Wildman–Crippen LogP) is 3.27. The van der Waals surface area contributed by atoms with E-state index in [0.29, 0.717) is 31.0 Å². The Kier molecular flexibility index (Phi) is 5.15. The van der Waals surface area contributed by atoms with Crippen LogP contribution in [-0.2, 0) is 24.8 Å². The lowest BCUT2D eigenvalue weighted by Crippen LogP contribution is -2.50. The van der Waals surface area contributed by atoms with Crippen molar-refractivity contribution in [1.29, 1.82) is 0 Å². The summed E-state index contributed by atoms with van der Waals surface area (Å²) in [4.78, 5) is 27.4. The second kappa shape index (κ2) is 9.18. The van der Waals surface area contributed by atoms with Crippen molar-refractivity contribution in [2.45, 2.75) is 45.1 Å². The van der Waals surface area contributed by atoms with Gasteiger partial charge in [0.05, 0.1) is 24.1 Å². The molecule has 1 aromatic carbocycles. The maximum atomic E-state index is 14.1. The van der Waals surface area contributed by atoms with E-state index in [1.54, 1.807) is 29.1 Å². The number of benzene rings is 1. The first-order valence-electron chi connectivity index (χ1n) is 13.3. The standard InChI is InChI=1S/C26H33N7O/c1-17-6-5-7-19(10-17)23-15-31(3)9-8-22(23)25(34)33-16-24-20(11-18(33)2)12-27-26(30-24)29-21-13-28-32(4)14-21/h5-7,10,12-14,18,22-23H,8-9,11,15-16H2,1-4H3,(H,27,29,30)/t18-,22-,23+/m1/s1/i1D3. The largest absolute Gasteiger partial charge is 0.333 e. The van der Waals surface area contributed by atoms with Gasteiger partial charge in [-0.2, -0.15) is 5.10 Å². The Balaban J connectivity index is 1.39. The summed E-state index contributed by atoms with van der Waals surface area (Å²) in [5.74, 6) is 0.292. The van der Waals surface area contributed by atoms with Crippen LogP contribution in [0.2, 0.25) is 0 Å². The summed E-state index contributed by atoms with van der Waals surface area (Å²) < 4.78 is 25.2. The fraction of sp³-hybridized carbons (Fsp3) is 0.462. The van der Waals surface area contributed by atoms with Crippen LogP contribution in [0.5, 0.6) is 0 Å². The maximum absolute atomic E-state index is 14.1. The number of carbonyl (C=O) groups is 1. The van der Waals surface area contributed by atoms with Crippen LogP contribution in [0, 0.1) is 12.8 Å². The van der Waals surface area contributed by atoms with Gasteiger partial charge in [-0.15, -0.1) is 0 Å². The molecule has 0 radical (unpaired) electrons. The average Bonchev–Trinajstić information content (AvgIpc) is 3.27. The van der Waals surface area contributed by atoms with Crippen LogP contribution in [0.25, 0.3) is 0 Å². The zero-order chi connectivity index (χ0) is 26.3. The van der Waals surface area contributed by atoms with Crippen molar-refractivity contribution >= 4 is 17.5 Å². The van der Waals surface area contributed by atoms with Crippen molar-refractivity contribution in [3.8, 4) is 0 Å². The zero-order valence-corrected chi connectivity index (χ0v) is 19.9. The van der Waals surface area contributed by atoms with Gasteiger partial charge in [0.2, 0.25) is 11.9 Å². The number of likely N-dealkylation sites (tertiary alicyclic amines) is 1. The second-order valence-corrected chi connectivity index (χ2v) is 9.60. The number of likely N-dealkylation sites (N-methyl/N-ethyl adjacent to an activating group) is 1. The van der Waals surface area contributed by atoms with Crippen molar-refractivity contribution in [3.05, 3.63) is 65.2 Å². The predicted molar refractivity (Wildman–Crippen MR) is 132 cm³/mol. The molecule has 1 amide bonds. The maximum Gasteiger partial charge on any atom is 0.227 e. The molecule has 0 spiro atoms. The van der Waals surface area contributed by atoms with Gasteiger partial charge in [0.25, 0.3) is 0 Å². The number of hydrogen-bond donors (Lipinski definition) is 1.